The first-order valence-electron chi connectivity index (χ1n) is 14.4. The summed E-state index contributed by atoms with van der Waals surface area (Å²) in [5.74, 6) is -0.715. The molecule has 45 heavy (non-hydrogen) atoms. The van der Waals surface area contributed by atoms with Gasteiger partial charge in [0.25, 0.3) is 0 Å². The molecule has 1 atom stereocenters. The van der Waals surface area contributed by atoms with E-state index in [2.05, 4.69) is 5.32 Å². The van der Waals surface area contributed by atoms with Crippen LogP contribution < -0.4 is 14.4 Å². The molecule has 0 bridgehead atoms. The lowest BCUT2D eigenvalue weighted by Crippen LogP contribution is -2.54. The van der Waals surface area contributed by atoms with Crippen molar-refractivity contribution in [2.24, 2.45) is 0 Å². The first kappa shape index (κ1) is 34.1. The Bertz CT molecular complexity index is 1600. The van der Waals surface area contributed by atoms with E-state index in [-0.39, 0.29) is 24.0 Å². The van der Waals surface area contributed by atoms with Crippen molar-refractivity contribution in [3.8, 4) is 5.75 Å². The number of carbonyl (C=O) groups excluding carboxylic acids is 2. The number of alkyl halides is 3. The number of halogens is 4. The standard InChI is InChI=1S/C32H35ClF3N3O5S/c1-44-26-14-8-11-23(17-26)20-38(29(18-22-9-4-3-5-10-22)31(41)37-25-12-6-7-13-25)30(40)21-39(45(2,42)43)28-19-24(32(34,35)36)15-16-27(28)33/h3-5,8-11,14-17,19,25,29H,6-7,12-13,18,20-21H2,1-2H3,(H,37,41)/t29-/m0/s1. The number of hydrogen-bond acceptors (Lipinski definition) is 5. The fraction of sp³-hybridized carbons (Fsp3) is 0.375. The summed E-state index contributed by atoms with van der Waals surface area (Å²) in [6.45, 7) is -1.01. The van der Waals surface area contributed by atoms with Crippen LogP contribution in [0.15, 0.2) is 72.8 Å². The second-order valence-corrected chi connectivity index (χ2v) is 13.3. The highest BCUT2D eigenvalue weighted by molar-refractivity contribution is 7.92. The minimum absolute atomic E-state index is 0.0685. The van der Waals surface area contributed by atoms with E-state index in [1.165, 1.54) is 12.0 Å². The molecule has 1 aliphatic rings. The quantitative estimate of drug-likeness (QED) is 0.263. The minimum atomic E-state index is -4.79. The van der Waals surface area contributed by atoms with Crippen molar-refractivity contribution in [1.82, 2.24) is 10.2 Å². The van der Waals surface area contributed by atoms with E-state index in [1.807, 2.05) is 18.2 Å². The predicted molar refractivity (Wildman–Crippen MR) is 167 cm³/mol. The number of sulfonamides is 1. The topological polar surface area (TPSA) is 96.0 Å². The van der Waals surface area contributed by atoms with Crippen LogP contribution in [0.4, 0.5) is 18.9 Å². The van der Waals surface area contributed by atoms with Gasteiger partial charge in [0.2, 0.25) is 21.8 Å². The van der Waals surface area contributed by atoms with E-state index in [0.717, 1.165) is 49.6 Å². The number of hydrogen-bond donors (Lipinski definition) is 1. The lowest BCUT2D eigenvalue weighted by atomic mass is 10.0. The number of nitrogens with zero attached hydrogens (tertiary/aromatic N) is 2. The molecule has 0 aliphatic heterocycles. The molecule has 2 amide bonds. The van der Waals surface area contributed by atoms with Gasteiger partial charge in [-0.3, -0.25) is 13.9 Å². The molecule has 4 rings (SSSR count). The summed E-state index contributed by atoms with van der Waals surface area (Å²) in [5.41, 5.74) is -0.279. The molecule has 0 unspecified atom stereocenters. The van der Waals surface area contributed by atoms with E-state index in [1.54, 1.807) is 36.4 Å². The van der Waals surface area contributed by atoms with Crippen LogP contribution >= 0.6 is 11.6 Å². The molecular weight excluding hydrogens is 631 g/mol. The van der Waals surface area contributed by atoms with Crippen molar-refractivity contribution >= 4 is 39.1 Å². The van der Waals surface area contributed by atoms with Crippen LogP contribution in [-0.4, -0.2) is 57.1 Å². The molecular formula is C32H35ClF3N3O5S. The molecule has 0 saturated heterocycles. The summed E-state index contributed by atoms with van der Waals surface area (Å²) in [7, 11) is -2.84. The van der Waals surface area contributed by atoms with Gasteiger partial charge in [-0.2, -0.15) is 13.2 Å². The fourth-order valence-electron chi connectivity index (χ4n) is 5.36. The van der Waals surface area contributed by atoms with Crippen LogP contribution in [0.3, 0.4) is 0 Å². The summed E-state index contributed by atoms with van der Waals surface area (Å²) >= 11 is 6.21. The van der Waals surface area contributed by atoms with Gasteiger partial charge < -0.3 is 15.0 Å². The molecule has 1 saturated carbocycles. The molecule has 242 valence electrons. The third-order valence-electron chi connectivity index (χ3n) is 7.68. The van der Waals surface area contributed by atoms with Gasteiger partial charge in [-0.15, -0.1) is 0 Å². The van der Waals surface area contributed by atoms with Gasteiger partial charge >= 0.3 is 6.18 Å². The van der Waals surface area contributed by atoms with Crippen LogP contribution in [0.5, 0.6) is 5.75 Å². The molecule has 3 aromatic rings. The van der Waals surface area contributed by atoms with E-state index in [0.29, 0.717) is 21.7 Å². The van der Waals surface area contributed by atoms with E-state index in [4.69, 9.17) is 16.3 Å². The van der Waals surface area contributed by atoms with Crippen molar-refractivity contribution < 1.29 is 35.9 Å². The van der Waals surface area contributed by atoms with Gasteiger partial charge in [0.1, 0.15) is 18.3 Å². The molecule has 8 nitrogen and oxygen atoms in total. The highest BCUT2D eigenvalue weighted by Crippen LogP contribution is 2.36. The Labute approximate surface area is 266 Å². The maximum absolute atomic E-state index is 14.2. The molecule has 0 radical (unpaired) electrons. The molecule has 13 heteroatoms. The number of nitrogens with one attached hydrogen (secondary N) is 1. The SMILES string of the molecule is COc1cccc(CN(C(=O)CN(c2cc(C(F)(F)F)ccc2Cl)S(C)(=O)=O)[C@@H](Cc2ccccc2)C(=O)NC2CCCC2)c1. The zero-order chi connectivity index (χ0) is 32.8. The summed E-state index contributed by atoms with van der Waals surface area (Å²) in [4.78, 5) is 29.4. The van der Waals surface area contributed by atoms with Gasteiger partial charge in [-0.05, 0) is 54.3 Å². The number of benzene rings is 3. The monoisotopic (exact) mass is 665 g/mol. The molecule has 1 fully saturated rings. The Kier molecular flexibility index (Phi) is 11.0. The van der Waals surface area contributed by atoms with Gasteiger partial charge in [0, 0.05) is 19.0 Å². The second kappa shape index (κ2) is 14.6. The molecule has 3 aromatic carbocycles. The Morgan fingerprint density at radius 2 is 1.67 bits per heavy atom. The molecule has 1 N–H and O–H groups in total. The zero-order valence-electron chi connectivity index (χ0n) is 24.9. The van der Waals surface area contributed by atoms with Crippen LogP contribution in [0.1, 0.15) is 42.4 Å². The summed E-state index contributed by atoms with van der Waals surface area (Å²) in [5, 5.41) is 2.76. The highest BCUT2D eigenvalue weighted by Gasteiger charge is 2.36. The third-order valence-corrected chi connectivity index (χ3v) is 9.13. The van der Waals surface area contributed by atoms with Crippen molar-refractivity contribution in [3.63, 3.8) is 0 Å². The number of methoxy groups -OCH3 is 1. The van der Waals surface area contributed by atoms with Gasteiger partial charge in [0.05, 0.1) is 29.6 Å². The molecule has 0 aromatic heterocycles. The molecule has 0 spiro atoms. The van der Waals surface area contributed by atoms with Crippen molar-refractivity contribution in [3.05, 3.63) is 94.5 Å². The highest BCUT2D eigenvalue weighted by atomic mass is 35.5. The number of anilines is 1. The van der Waals surface area contributed by atoms with Crippen LogP contribution in [-0.2, 0) is 38.8 Å². The number of amides is 2. The minimum Gasteiger partial charge on any atom is -0.497 e. The van der Waals surface area contributed by atoms with Crippen molar-refractivity contribution in [2.75, 3.05) is 24.2 Å². The largest absolute Gasteiger partial charge is 0.497 e. The Morgan fingerprint density at radius 1 is 1.00 bits per heavy atom. The number of carbonyl (C=O) groups is 2. The summed E-state index contributed by atoms with van der Waals surface area (Å²) < 4.78 is 72.6. The average Bonchev–Trinajstić information content (AvgIpc) is 3.50. The third kappa shape index (κ3) is 9.13. The maximum Gasteiger partial charge on any atom is 0.416 e. The normalized spacial score (nSPS) is 14.5. The van der Waals surface area contributed by atoms with E-state index >= 15 is 0 Å². The Hall–Kier alpha value is -3.77. The average molecular weight is 666 g/mol. The van der Waals surface area contributed by atoms with Crippen LogP contribution in [0.2, 0.25) is 5.02 Å². The number of ether oxygens (including phenoxy) is 1. The van der Waals surface area contributed by atoms with E-state index in [9.17, 15) is 31.2 Å². The predicted octanol–water partition coefficient (Wildman–Crippen LogP) is 5.83. The van der Waals surface area contributed by atoms with Crippen molar-refractivity contribution in [2.45, 2.75) is 56.9 Å². The van der Waals surface area contributed by atoms with Gasteiger partial charge in [-0.25, -0.2) is 8.42 Å². The maximum atomic E-state index is 14.2. The lowest BCUT2D eigenvalue weighted by Gasteiger charge is -2.34. The number of rotatable bonds is 12. The first-order valence-corrected chi connectivity index (χ1v) is 16.6. The van der Waals surface area contributed by atoms with Gasteiger partial charge in [-0.1, -0.05) is 66.9 Å². The fourth-order valence-corrected chi connectivity index (χ4v) is 6.49. The van der Waals surface area contributed by atoms with Crippen molar-refractivity contribution in [1.29, 1.82) is 0 Å². The van der Waals surface area contributed by atoms with E-state index < -0.39 is 51.9 Å². The Balaban J connectivity index is 1.78. The second-order valence-electron chi connectivity index (χ2n) is 11.0. The summed E-state index contributed by atoms with van der Waals surface area (Å²) in [6.07, 6.45) is -0.392. The zero-order valence-corrected chi connectivity index (χ0v) is 26.5. The lowest BCUT2D eigenvalue weighted by molar-refractivity contribution is -0.140. The molecule has 1 aliphatic carbocycles. The smallest absolute Gasteiger partial charge is 0.416 e. The van der Waals surface area contributed by atoms with Crippen LogP contribution in [0, 0.1) is 0 Å². The molecule has 0 heterocycles. The Morgan fingerprint density at radius 3 is 2.29 bits per heavy atom. The van der Waals surface area contributed by atoms with Gasteiger partial charge in [0.15, 0.2) is 0 Å². The summed E-state index contributed by atoms with van der Waals surface area (Å²) in [6, 6.07) is 17.0. The first-order chi connectivity index (χ1) is 21.3. The van der Waals surface area contributed by atoms with Crippen LogP contribution in [0.25, 0.3) is 0 Å².